The Labute approximate surface area is 133 Å². The van der Waals surface area contributed by atoms with E-state index in [2.05, 4.69) is 73.4 Å². The number of benzene rings is 2. The monoisotopic (exact) mass is 380 g/mol. The van der Waals surface area contributed by atoms with Crippen molar-refractivity contribution in [1.29, 1.82) is 0 Å². The normalized spacial score (nSPS) is 16.6. The standard InChI is InChI=1S/C17H18P.HI/c1-15-12-13-18(14-15,16-8-4-2-5-9-16)17-10-6-3-7-11-17;/h2-11,14H,12-13H2,1H3;1H/q+1;/p-1. The zero-order chi connectivity index (χ0) is 12.4. The molecule has 0 saturated carbocycles. The lowest BCUT2D eigenvalue weighted by Crippen LogP contribution is -3.00. The second-order valence-corrected chi connectivity index (χ2v) is 8.46. The van der Waals surface area contributed by atoms with Crippen LogP contribution in [0.25, 0.3) is 0 Å². The Morgan fingerprint density at radius 3 is 1.63 bits per heavy atom. The zero-order valence-corrected chi connectivity index (χ0v) is 14.1. The smallest absolute Gasteiger partial charge is 0.104 e. The lowest BCUT2D eigenvalue weighted by atomic mass is 10.3. The van der Waals surface area contributed by atoms with E-state index < -0.39 is 7.26 Å². The molecule has 0 amide bonds. The summed E-state index contributed by atoms with van der Waals surface area (Å²) in [6.45, 7) is 2.27. The topological polar surface area (TPSA) is 0 Å². The van der Waals surface area contributed by atoms with Crippen LogP contribution in [0.5, 0.6) is 0 Å². The van der Waals surface area contributed by atoms with E-state index in [4.69, 9.17) is 0 Å². The van der Waals surface area contributed by atoms with Crippen LogP contribution in [0.15, 0.2) is 72.1 Å². The molecule has 1 aliphatic rings. The molecule has 0 aromatic heterocycles. The fourth-order valence-corrected chi connectivity index (χ4v) is 7.04. The fourth-order valence-electron chi connectivity index (χ4n) is 2.80. The minimum Gasteiger partial charge on any atom is -1.00 e. The Balaban J connectivity index is 0.00000133. The van der Waals surface area contributed by atoms with Crippen LogP contribution in [0.3, 0.4) is 0 Å². The van der Waals surface area contributed by atoms with Crippen molar-refractivity contribution < 1.29 is 24.0 Å². The average Bonchev–Trinajstić information content (AvgIpc) is 2.84. The van der Waals surface area contributed by atoms with Crippen LogP contribution >= 0.6 is 7.26 Å². The first-order chi connectivity index (χ1) is 8.81. The van der Waals surface area contributed by atoms with Gasteiger partial charge in [0.15, 0.2) is 0 Å². The zero-order valence-electron chi connectivity index (χ0n) is 11.1. The van der Waals surface area contributed by atoms with Gasteiger partial charge in [0.2, 0.25) is 0 Å². The molecule has 0 N–H and O–H groups in total. The molecule has 1 heterocycles. The van der Waals surface area contributed by atoms with Crippen molar-refractivity contribution in [3.05, 3.63) is 72.1 Å². The third kappa shape index (κ3) is 2.78. The molecular formula is C17H18IP. The van der Waals surface area contributed by atoms with Crippen molar-refractivity contribution in [2.24, 2.45) is 0 Å². The lowest BCUT2D eigenvalue weighted by Gasteiger charge is -2.19. The van der Waals surface area contributed by atoms with E-state index in [0.29, 0.717) is 0 Å². The SMILES string of the molecule is CC1=C[P+](c2ccccc2)(c2ccccc2)CC1.[I-]. The summed E-state index contributed by atoms with van der Waals surface area (Å²) in [7, 11) is -1.27. The highest BCUT2D eigenvalue weighted by Crippen LogP contribution is 2.63. The summed E-state index contributed by atoms with van der Waals surface area (Å²) in [5, 5.41) is 3.04. The minimum absolute atomic E-state index is 0. The van der Waals surface area contributed by atoms with Gasteiger partial charge in [0.05, 0.1) is 12.0 Å². The van der Waals surface area contributed by atoms with Gasteiger partial charge < -0.3 is 24.0 Å². The van der Waals surface area contributed by atoms with Crippen LogP contribution < -0.4 is 34.6 Å². The Hall–Kier alpha value is -0.660. The summed E-state index contributed by atoms with van der Waals surface area (Å²) in [5.74, 6) is 2.57. The van der Waals surface area contributed by atoms with Crippen LogP contribution in [0, 0.1) is 0 Å². The Kier molecular flexibility index (Phi) is 4.81. The van der Waals surface area contributed by atoms with Gasteiger partial charge in [0.1, 0.15) is 17.9 Å². The molecule has 0 fully saturated rings. The molecule has 0 bridgehead atoms. The summed E-state index contributed by atoms with van der Waals surface area (Å²) in [4.78, 5) is 0. The van der Waals surface area contributed by atoms with Gasteiger partial charge in [-0.15, -0.1) is 0 Å². The predicted octanol–water partition coefficient (Wildman–Crippen LogP) is 0.966. The number of hydrogen-bond acceptors (Lipinski definition) is 0. The van der Waals surface area contributed by atoms with Crippen LogP contribution in [0.1, 0.15) is 13.3 Å². The van der Waals surface area contributed by atoms with Gasteiger partial charge in [-0.05, 0) is 36.8 Å². The molecule has 0 nitrogen and oxygen atoms in total. The van der Waals surface area contributed by atoms with Gasteiger partial charge in [0.25, 0.3) is 0 Å². The number of rotatable bonds is 2. The number of hydrogen-bond donors (Lipinski definition) is 0. The summed E-state index contributed by atoms with van der Waals surface area (Å²) in [5.41, 5.74) is 1.55. The Morgan fingerprint density at radius 2 is 1.26 bits per heavy atom. The summed E-state index contributed by atoms with van der Waals surface area (Å²) in [6.07, 6.45) is 2.55. The van der Waals surface area contributed by atoms with Gasteiger partial charge in [0, 0.05) is 6.42 Å². The van der Waals surface area contributed by atoms with Gasteiger partial charge in [-0.3, -0.25) is 0 Å². The first kappa shape index (κ1) is 14.7. The molecule has 98 valence electrons. The average molecular weight is 380 g/mol. The van der Waals surface area contributed by atoms with Crippen molar-refractivity contribution in [2.45, 2.75) is 13.3 Å². The summed E-state index contributed by atoms with van der Waals surface area (Å²) < 4.78 is 0. The van der Waals surface area contributed by atoms with Gasteiger partial charge >= 0.3 is 0 Å². The Morgan fingerprint density at radius 1 is 0.789 bits per heavy atom. The van der Waals surface area contributed by atoms with E-state index in [1.165, 1.54) is 23.2 Å². The highest BCUT2D eigenvalue weighted by atomic mass is 127. The van der Waals surface area contributed by atoms with Crippen molar-refractivity contribution in [2.75, 3.05) is 6.16 Å². The van der Waals surface area contributed by atoms with Gasteiger partial charge in [-0.1, -0.05) is 36.4 Å². The molecule has 0 spiro atoms. The van der Waals surface area contributed by atoms with E-state index >= 15 is 0 Å². The number of halogens is 1. The minimum atomic E-state index is -1.27. The fraction of sp³-hybridized carbons (Fsp3) is 0.176. The molecule has 3 rings (SSSR count). The van der Waals surface area contributed by atoms with Crippen molar-refractivity contribution in [3.8, 4) is 0 Å². The van der Waals surface area contributed by atoms with E-state index in [-0.39, 0.29) is 24.0 Å². The van der Waals surface area contributed by atoms with Crippen LogP contribution in [0.2, 0.25) is 0 Å². The highest BCUT2D eigenvalue weighted by Gasteiger charge is 2.43. The molecule has 19 heavy (non-hydrogen) atoms. The third-order valence-corrected chi connectivity index (χ3v) is 7.98. The van der Waals surface area contributed by atoms with E-state index in [0.717, 1.165) is 0 Å². The summed E-state index contributed by atoms with van der Waals surface area (Å²) in [6, 6.07) is 22.1. The van der Waals surface area contributed by atoms with Gasteiger partial charge in [-0.25, -0.2) is 0 Å². The largest absolute Gasteiger partial charge is 1.00 e. The molecule has 2 aromatic carbocycles. The number of allylic oxidation sites excluding steroid dienone is 1. The van der Waals surface area contributed by atoms with Crippen LogP contribution in [0.4, 0.5) is 0 Å². The van der Waals surface area contributed by atoms with E-state index in [1.807, 2.05) is 0 Å². The van der Waals surface area contributed by atoms with Crippen molar-refractivity contribution in [1.82, 2.24) is 0 Å². The van der Waals surface area contributed by atoms with Gasteiger partial charge in [-0.2, -0.15) is 0 Å². The van der Waals surface area contributed by atoms with Crippen molar-refractivity contribution in [3.63, 3.8) is 0 Å². The highest BCUT2D eigenvalue weighted by molar-refractivity contribution is 7.92. The Bertz CT molecular complexity index is 521. The molecule has 0 atom stereocenters. The second kappa shape index (κ2) is 6.19. The summed E-state index contributed by atoms with van der Waals surface area (Å²) >= 11 is 0. The molecular weight excluding hydrogens is 362 g/mol. The molecule has 1 aliphatic heterocycles. The maximum Gasteiger partial charge on any atom is 0.104 e. The maximum atomic E-state index is 2.57. The molecule has 0 unspecified atom stereocenters. The molecule has 0 aliphatic carbocycles. The van der Waals surface area contributed by atoms with Crippen LogP contribution in [-0.2, 0) is 0 Å². The predicted molar refractivity (Wildman–Crippen MR) is 82.3 cm³/mol. The van der Waals surface area contributed by atoms with E-state index in [9.17, 15) is 0 Å². The molecule has 2 aromatic rings. The first-order valence-electron chi connectivity index (χ1n) is 6.49. The van der Waals surface area contributed by atoms with Crippen LogP contribution in [-0.4, -0.2) is 6.16 Å². The molecule has 2 heteroatoms. The third-order valence-electron chi connectivity index (χ3n) is 3.73. The lowest BCUT2D eigenvalue weighted by molar-refractivity contribution is -0.00000360. The first-order valence-corrected chi connectivity index (χ1v) is 8.53. The molecule has 0 radical (unpaired) electrons. The van der Waals surface area contributed by atoms with E-state index in [1.54, 1.807) is 5.57 Å². The maximum absolute atomic E-state index is 2.57. The second-order valence-electron chi connectivity index (χ2n) is 4.99. The molecule has 0 saturated heterocycles. The quantitative estimate of drug-likeness (QED) is 0.538. The van der Waals surface area contributed by atoms with Crippen molar-refractivity contribution >= 4 is 17.9 Å².